The van der Waals surface area contributed by atoms with Gasteiger partial charge in [0.2, 0.25) is 0 Å². The van der Waals surface area contributed by atoms with E-state index in [0.29, 0.717) is 0 Å². The van der Waals surface area contributed by atoms with Gasteiger partial charge in [0.05, 0.1) is 11.4 Å². The minimum Gasteiger partial charge on any atom is -0.397 e. The van der Waals surface area contributed by atoms with Gasteiger partial charge in [0.15, 0.2) is 0 Å². The number of hydrogen-bond acceptors (Lipinski definition) is 3. The molecule has 0 saturated carbocycles. The lowest BCUT2D eigenvalue weighted by atomic mass is 10.1. The zero-order chi connectivity index (χ0) is 13.9. The number of nitrogens with two attached hydrogens (primary N) is 1. The maximum atomic E-state index is 6.21. The molecule has 0 radical (unpaired) electrons. The summed E-state index contributed by atoms with van der Waals surface area (Å²) in [6, 6.07) is 14.2. The highest BCUT2D eigenvalue weighted by atomic mass is 79.9. The number of benzene rings is 2. The van der Waals surface area contributed by atoms with Crippen LogP contribution in [-0.2, 0) is 6.54 Å². The summed E-state index contributed by atoms with van der Waals surface area (Å²) < 4.78 is 1.08. The summed E-state index contributed by atoms with van der Waals surface area (Å²) in [4.78, 5) is 4.11. The van der Waals surface area contributed by atoms with Crippen molar-refractivity contribution in [1.82, 2.24) is 4.98 Å². The second-order valence-corrected chi connectivity index (χ2v) is 5.52. The number of halogens is 1. The minimum absolute atomic E-state index is 0.736. The molecule has 0 spiro atoms. The van der Waals surface area contributed by atoms with Gasteiger partial charge in [-0.15, -0.1) is 0 Å². The molecule has 0 aliphatic rings. The standard InChI is InChI=1S/C16H14BrN3/c17-13-3-1-2-11(8-13)9-20-15-5-4-12-10-19-7-6-14(12)16(15)18/h1-8,10,20H,9,18H2. The van der Waals surface area contributed by atoms with Crippen LogP contribution >= 0.6 is 15.9 Å². The Morgan fingerprint density at radius 1 is 1.15 bits per heavy atom. The Morgan fingerprint density at radius 2 is 2.05 bits per heavy atom. The number of nitrogen functional groups attached to an aromatic ring is 1. The first-order chi connectivity index (χ1) is 9.74. The fourth-order valence-electron chi connectivity index (χ4n) is 2.19. The van der Waals surface area contributed by atoms with Gasteiger partial charge >= 0.3 is 0 Å². The minimum atomic E-state index is 0.736. The van der Waals surface area contributed by atoms with E-state index in [-0.39, 0.29) is 0 Å². The van der Waals surface area contributed by atoms with Gasteiger partial charge in [0, 0.05) is 34.2 Å². The molecule has 3 aromatic rings. The Labute approximate surface area is 126 Å². The average Bonchev–Trinajstić information content (AvgIpc) is 2.47. The van der Waals surface area contributed by atoms with Gasteiger partial charge in [-0.1, -0.05) is 34.1 Å². The van der Waals surface area contributed by atoms with Crippen LogP contribution in [0.5, 0.6) is 0 Å². The zero-order valence-corrected chi connectivity index (χ0v) is 12.4. The first-order valence-corrected chi connectivity index (χ1v) is 7.14. The van der Waals surface area contributed by atoms with Gasteiger partial charge in [-0.05, 0) is 29.8 Å². The maximum absolute atomic E-state index is 6.21. The molecule has 0 amide bonds. The van der Waals surface area contributed by atoms with Crippen LogP contribution in [0.15, 0.2) is 59.3 Å². The van der Waals surface area contributed by atoms with Gasteiger partial charge in [0.1, 0.15) is 0 Å². The molecule has 0 aliphatic heterocycles. The van der Waals surface area contributed by atoms with Crippen molar-refractivity contribution in [2.75, 3.05) is 11.1 Å². The van der Waals surface area contributed by atoms with Crippen LogP contribution in [0.25, 0.3) is 10.8 Å². The van der Waals surface area contributed by atoms with Crippen LogP contribution in [0.3, 0.4) is 0 Å². The monoisotopic (exact) mass is 327 g/mol. The summed E-state index contributed by atoms with van der Waals surface area (Å²) in [6.45, 7) is 0.736. The van der Waals surface area contributed by atoms with E-state index in [9.17, 15) is 0 Å². The number of rotatable bonds is 3. The summed E-state index contributed by atoms with van der Waals surface area (Å²) >= 11 is 3.48. The van der Waals surface area contributed by atoms with Gasteiger partial charge in [-0.25, -0.2) is 0 Å². The van der Waals surface area contributed by atoms with Crippen molar-refractivity contribution in [2.45, 2.75) is 6.54 Å². The van der Waals surface area contributed by atoms with Crippen molar-refractivity contribution in [2.24, 2.45) is 0 Å². The van der Waals surface area contributed by atoms with E-state index >= 15 is 0 Å². The van der Waals surface area contributed by atoms with Crippen LogP contribution in [0, 0.1) is 0 Å². The smallest absolute Gasteiger partial charge is 0.0630 e. The van der Waals surface area contributed by atoms with E-state index in [1.165, 1.54) is 5.56 Å². The normalized spacial score (nSPS) is 10.7. The molecule has 0 fully saturated rings. The lowest BCUT2D eigenvalue weighted by molar-refractivity contribution is 1.15. The zero-order valence-electron chi connectivity index (χ0n) is 10.8. The second-order valence-electron chi connectivity index (χ2n) is 4.61. The molecule has 3 rings (SSSR count). The molecule has 0 bridgehead atoms. The maximum Gasteiger partial charge on any atom is 0.0630 e. The van der Waals surface area contributed by atoms with Gasteiger partial charge in [0.25, 0.3) is 0 Å². The lowest BCUT2D eigenvalue weighted by Crippen LogP contribution is -2.02. The Hall–Kier alpha value is -2.07. The number of pyridine rings is 1. The molecule has 3 N–H and O–H groups in total. The number of anilines is 2. The first-order valence-electron chi connectivity index (χ1n) is 6.34. The predicted octanol–water partition coefficient (Wildman–Crippen LogP) is 4.19. The SMILES string of the molecule is Nc1c(NCc2cccc(Br)c2)ccc2cnccc12. The van der Waals surface area contributed by atoms with Gasteiger partial charge in [-0.2, -0.15) is 0 Å². The topological polar surface area (TPSA) is 50.9 Å². The summed E-state index contributed by atoms with van der Waals surface area (Å²) in [5.41, 5.74) is 9.13. The summed E-state index contributed by atoms with van der Waals surface area (Å²) in [5, 5.41) is 5.46. The lowest BCUT2D eigenvalue weighted by Gasteiger charge is -2.11. The third-order valence-corrected chi connectivity index (χ3v) is 3.73. The Bertz CT molecular complexity index is 756. The first kappa shape index (κ1) is 12.9. The molecular weight excluding hydrogens is 314 g/mol. The van der Waals surface area contributed by atoms with Crippen molar-refractivity contribution in [3.8, 4) is 0 Å². The van der Waals surface area contributed by atoms with Crippen LogP contribution in [-0.4, -0.2) is 4.98 Å². The number of nitrogens with zero attached hydrogens (tertiary/aromatic N) is 1. The third-order valence-electron chi connectivity index (χ3n) is 3.23. The van der Waals surface area contributed by atoms with Crippen molar-refractivity contribution >= 4 is 38.1 Å². The van der Waals surface area contributed by atoms with Crippen LogP contribution in [0.1, 0.15) is 5.56 Å². The average molecular weight is 328 g/mol. The highest BCUT2D eigenvalue weighted by Crippen LogP contribution is 2.28. The van der Waals surface area contributed by atoms with E-state index < -0.39 is 0 Å². The van der Waals surface area contributed by atoms with Crippen LogP contribution < -0.4 is 11.1 Å². The molecule has 100 valence electrons. The highest BCUT2D eigenvalue weighted by Gasteiger charge is 2.04. The number of fused-ring (bicyclic) bond motifs is 1. The number of aromatic nitrogens is 1. The summed E-state index contributed by atoms with van der Waals surface area (Å²) in [7, 11) is 0. The molecule has 20 heavy (non-hydrogen) atoms. The molecule has 1 aromatic heterocycles. The fourth-order valence-corrected chi connectivity index (χ4v) is 2.64. The molecular formula is C16H14BrN3. The molecule has 3 nitrogen and oxygen atoms in total. The predicted molar refractivity (Wildman–Crippen MR) is 87.6 cm³/mol. The van der Waals surface area contributed by atoms with Crippen molar-refractivity contribution in [3.05, 3.63) is 64.9 Å². The van der Waals surface area contributed by atoms with Crippen LogP contribution in [0.4, 0.5) is 11.4 Å². The van der Waals surface area contributed by atoms with E-state index in [4.69, 9.17) is 5.73 Å². The Balaban J connectivity index is 1.86. The third kappa shape index (κ3) is 2.60. The Kier molecular flexibility index (Phi) is 3.56. The highest BCUT2D eigenvalue weighted by molar-refractivity contribution is 9.10. The summed E-state index contributed by atoms with van der Waals surface area (Å²) in [5.74, 6) is 0. The fraction of sp³-hybridized carbons (Fsp3) is 0.0625. The van der Waals surface area contributed by atoms with Crippen molar-refractivity contribution in [3.63, 3.8) is 0 Å². The van der Waals surface area contributed by atoms with E-state index in [2.05, 4.69) is 38.4 Å². The molecule has 0 unspecified atom stereocenters. The van der Waals surface area contributed by atoms with E-state index in [1.54, 1.807) is 6.20 Å². The molecule has 2 aromatic carbocycles. The second kappa shape index (κ2) is 5.51. The van der Waals surface area contributed by atoms with Gasteiger partial charge < -0.3 is 11.1 Å². The molecule has 0 aliphatic carbocycles. The quantitative estimate of drug-likeness (QED) is 0.709. The van der Waals surface area contributed by atoms with E-state index in [1.807, 2.05) is 36.5 Å². The molecule has 0 atom stereocenters. The Morgan fingerprint density at radius 3 is 2.90 bits per heavy atom. The molecule has 4 heteroatoms. The van der Waals surface area contributed by atoms with Crippen molar-refractivity contribution in [1.29, 1.82) is 0 Å². The van der Waals surface area contributed by atoms with E-state index in [0.717, 1.165) is 33.2 Å². The molecule has 0 saturated heterocycles. The number of nitrogens with one attached hydrogen (secondary N) is 1. The van der Waals surface area contributed by atoms with Gasteiger partial charge in [-0.3, -0.25) is 4.98 Å². The largest absolute Gasteiger partial charge is 0.397 e. The summed E-state index contributed by atoms with van der Waals surface area (Å²) in [6.07, 6.45) is 3.58. The molecule has 1 heterocycles. The number of hydrogen-bond donors (Lipinski definition) is 2. The van der Waals surface area contributed by atoms with Crippen LogP contribution in [0.2, 0.25) is 0 Å². The van der Waals surface area contributed by atoms with Crippen molar-refractivity contribution < 1.29 is 0 Å².